The average Bonchev–Trinajstić information content (AvgIpc) is 3.92. The minimum Gasteiger partial charge on any atom is -0.508 e. The van der Waals surface area contributed by atoms with Crippen LogP contribution in [0.15, 0.2) is 76.3 Å². The number of nitrogens with zero attached hydrogens (tertiary/aromatic N) is 1. The third kappa shape index (κ3) is 10.2. The predicted molar refractivity (Wildman–Crippen MR) is 289 cm³/mol. The fraction of sp³-hybridized carbons (Fsp3) is 0.587. The number of methoxy groups -OCH3 is 1. The van der Waals surface area contributed by atoms with E-state index < -0.39 is 22.9 Å². The topological polar surface area (TPSA) is 187 Å². The van der Waals surface area contributed by atoms with Gasteiger partial charge in [0.25, 0.3) is 0 Å². The number of nitrogens with two attached hydrogens (primary N) is 1. The van der Waals surface area contributed by atoms with Crippen molar-refractivity contribution >= 4 is 11.7 Å². The normalized spacial score (nSPS) is 29.6. The van der Waals surface area contributed by atoms with E-state index in [1.165, 1.54) is 11.1 Å². The molecule has 0 amide bonds. The number of fused-ring (bicyclic) bond motifs is 11. The number of aromatic hydroxyl groups is 2. The summed E-state index contributed by atoms with van der Waals surface area (Å²) in [5.74, 6) is 7.44. The van der Waals surface area contributed by atoms with Crippen LogP contribution in [0, 0.1) is 46.8 Å². The highest BCUT2D eigenvalue weighted by atomic mass is 16.5. The molecular weight excluding hydrogens is 927 g/mol. The molecule has 9 atom stereocenters. The molecular formula is C63H81N3O8. The maximum Gasteiger partial charge on any atom is 0.189 e. The minimum absolute atomic E-state index is 0.00662. The molecule has 8 N–H and O–H groups in total. The van der Waals surface area contributed by atoms with Crippen molar-refractivity contribution < 1.29 is 39.8 Å². The number of rotatable bonds is 12. The van der Waals surface area contributed by atoms with Gasteiger partial charge in [-0.05, 0) is 171 Å². The Balaban J connectivity index is 1.20. The van der Waals surface area contributed by atoms with Gasteiger partial charge in [0.15, 0.2) is 23.2 Å². The van der Waals surface area contributed by atoms with Crippen LogP contribution >= 0.6 is 0 Å². The van der Waals surface area contributed by atoms with Crippen LogP contribution in [0.1, 0.15) is 174 Å². The van der Waals surface area contributed by atoms with Gasteiger partial charge in [-0.3, -0.25) is 4.79 Å². The number of hydrogen-bond acceptors (Lipinski definition) is 11. The molecule has 0 saturated heterocycles. The number of phenols is 2. The van der Waals surface area contributed by atoms with Gasteiger partial charge in [0.2, 0.25) is 0 Å². The van der Waals surface area contributed by atoms with Crippen LogP contribution in [0.5, 0.6) is 17.2 Å². The summed E-state index contributed by atoms with van der Waals surface area (Å²) in [7, 11) is 1.71. The van der Waals surface area contributed by atoms with Crippen LogP contribution in [-0.2, 0) is 27.9 Å². The SMILES string of the molecule is CCC1C(CO)=C(C(=O)CCc2cc(OC3CCCC3)c(O)c3c2C#CCC2CC4(CO)C=C5C(CC(C)CC5C3C4COC)c3cc(O)cc(c3)Cc3cccc(c3)C3(CCCCC3)NC(N)=N2)CCC1CO. The second kappa shape index (κ2) is 22.2. The molecule has 396 valence electrons. The molecule has 7 aliphatic rings. The van der Waals surface area contributed by atoms with Crippen molar-refractivity contribution in [3.63, 3.8) is 0 Å². The number of carbonyl (C=O) groups is 1. The average molecular weight is 1010 g/mol. The van der Waals surface area contributed by atoms with Gasteiger partial charge in [-0.25, -0.2) is 4.99 Å². The molecule has 9 unspecified atom stereocenters. The summed E-state index contributed by atoms with van der Waals surface area (Å²) < 4.78 is 13.2. The predicted octanol–water partition coefficient (Wildman–Crippen LogP) is 9.92. The van der Waals surface area contributed by atoms with Gasteiger partial charge in [0.1, 0.15) is 5.75 Å². The lowest BCUT2D eigenvalue weighted by molar-refractivity contribution is -0.116. The number of aryl methyl sites for hydroxylation is 1. The maximum absolute atomic E-state index is 14.6. The third-order valence-corrected chi connectivity index (χ3v) is 19.0. The summed E-state index contributed by atoms with van der Waals surface area (Å²) in [6, 6.07) is 16.4. The lowest BCUT2D eigenvalue weighted by Gasteiger charge is -2.54. The first-order valence-electron chi connectivity index (χ1n) is 28.3. The maximum atomic E-state index is 14.6. The zero-order valence-corrected chi connectivity index (χ0v) is 44.1. The number of carbonyl (C=O) groups excluding carboxylic acids is 1. The van der Waals surface area contributed by atoms with Crippen molar-refractivity contribution in [2.75, 3.05) is 33.5 Å². The molecule has 3 saturated carbocycles. The minimum atomic E-state index is -0.917. The number of hydrogen-bond donors (Lipinski definition) is 7. The van der Waals surface area contributed by atoms with Crippen molar-refractivity contribution in [2.24, 2.45) is 45.7 Å². The van der Waals surface area contributed by atoms with Crippen molar-refractivity contribution in [1.82, 2.24) is 5.32 Å². The molecule has 1 heterocycles. The molecule has 1 spiro atoms. The van der Waals surface area contributed by atoms with Crippen molar-refractivity contribution in [2.45, 2.75) is 165 Å². The molecule has 3 aromatic carbocycles. The largest absolute Gasteiger partial charge is 0.508 e. The summed E-state index contributed by atoms with van der Waals surface area (Å²) >= 11 is 0. The Morgan fingerprint density at radius 1 is 0.973 bits per heavy atom. The zero-order chi connectivity index (χ0) is 51.7. The highest BCUT2D eigenvalue weighted by Crippen LogP contribution is 2.62. The summed E-state index contributed by atoms with van der Waals surface area (Å²) in [5.41, 5.74) is 15.0. The fourth-order valence-corrected chi connectivity index (χ4v) is 15.5. The van der Waals surface area contributed by atoms with Crippen LogP contribution in [-0.4, -0.2) is 83.0 Å². The van der Waals surface area contributed by atoms with Gasteiger partial charge >= 0.3 is 0 Å². The zero-order valence-electron chi connectivity index (χ0n) is 44.1. The molecule has 11 nitrogen and oxygen atoms in total. The Bertz CT molecular complexity index is 2720. The third-order valence-electron chi connectivity index (χ3n) is 19.0. The number of aliphatic hydroxyl groups is 3. The Kier molecular flexibility index (Phi) is 15.7. The highest BCUT2D eigenvalue weighted by molar-refractivity contribution is 5.96. The molecule has 0 radical (unpaired) electrons. The summed E-state index contributed by atoms with van der Waals surface area (Å²) in [6.45, 7) is 4.23. The van der Waals surface area contributed by atoms with E-state index >= 15 is 0 Å². The van der Waals surface area contributed by atoms with E-state index in [1.807, 2.05) is 18.2 Å². The van der Waals surface area contributed by atoms with E-state index in [-0.39, 0.29) is 91.7 Å². The molecule has 3 fully saturated rings. The van der Waals surface area contributed by atoms with E-state index in [2.05, 4.69) is 67.4 Å². The number of aliphatic imine (C=N–C) groups is 1. The summed E-state index contributed by atoms with van der Waals surface area (Å²) in [5, 5.41) is 61.9. The van der Waals surface area contributed by atoms with Gasteiger partial charge in [0.05, 0.1) is 37.5 Å². The number of nitrogens with one attached hydrogen (secondary N) is 1. The number of aliphatic hydroxyl groups excluding tert-OH is 3. The number of benzene rings is 3. The van der Waals surface area contributed by atoms with E-state index in [0.717, 1.165) is 105 Å². The first-order chi connectivity index (χ1) is 35.9. The molecule has 74 heavy (non-hydrogen) atoms. The highest BCUT2D eigenvalue weighted by Gasteiger charge is 2.54. The number of ether oxygens (including phenoxy) is 2. The molecule has 8 bridgehead atoms. The standard InChI is InChI=1S/C63H81N3O8/c1-4-48-42(34-67)18-20-50(54(48)35-68)56(71)21-19-41-31-57(74-47-15-6-7-16-47)60(72)59-49(41)17-11-14-45-32-62(37-69)33-53-51(24-38(2)25-52(53)58(59)55(62)36-73-3)43-27-40(29-46(70)30-43)26-39-12-10-13-44(28-39)63(66-61(64)65-45)22-8-5-9-23-63/h10,12-13,27-31,33,38,42,45,47-48,51-52,55,58,67-70,72H,4-9,14-16,18-26,32,34-37H2,1-3H3,(H3,64,65,66). The van der Waals surface area contributed by atoms with Gasteiger partial charge in [-0.15, -0.1) is 0 Å². The van der Waals surface area contributed by atoms with Crippen molar-refractivity contribution in [1.29, 1.82) is 0 Å². The summed E-state index contributed by atoms with van der Waals surface area (Å²) in [6.07, 6.45) is 16.6. The number of guanidine groups is 1. The Morgan fingerprint density at radius 3 is 2.53 bits per heavy atom. The molecule has 11 heteroatoms. The lowest BCUT2D eigenvalue weighted by Crippen LogP contribution is -2.51. The van der Waals surface area contributed by atoms with Crippen LogP contribution in [0.3, 0.4) is 0 Å². The molecule has 6 aliphatic carbocycles. The smallest absolute Gasteiger partial charge is 0.189 e. The Labute approximate surface area is 439 Å². The van der Waals surface area contributed by atoms with Crippen molar-refractivity contribution in [3.8, 4) is 29.1 Å². The van der Waals surface area contributed by atoms with Crippen LogP contribution < -0.4 is 15.8 Å². The van der Waals surface area contributed by atoms with Gasteiger partial charge in [0, 0.05) is 60.9 Å². The first kappa shape index (κ1) is 52.3. The number of phenolic OH excluding ortho intramolecular Hbond substituents is 2. The van der Waals surface area contributed by atoms with Gasteiger partial charge in [-0.1, -0.05) is 86.9 Å². The molecule has 1 aliphatic heterocycles. The number of allylic oxidation sites excluding steroid dienone is 2. The summed E-state index contributed by atoms with van der Waals surface area (Å²) in [4.78, 5) is 20.0. The quantitative estimate of drug-likeness (QED) is 0.0680. The van der Waals surface area contributed by atoms with Gasteiger partial charge in [-0.2, -0.15) is 0 Å². The van der Waals surface area contributed by atoms with Crippen molar-refractivity contribution in [3.05, 3.63) is 110 Å². The Morgan fingerprint density at radius 2 is 1.78 bits per heavy atom. The van der Waals surface area contributed by atoms with E-state index in [9.17, 15) is 30.3 Å². The van der Waals surface area contributed by atoms with Crippen LogP contribution in [0.25, 0.3) is 0 Å². The molecule has 0 aromatic heterocycles. The second-order valence-corrected chi connectivity index (χ2v) is 23.6. The van der Waals surface area contributed by atoms with E-state index in [0.29, 0.717) is 66.9 Å². The number of Topliss-reactive ketones (excluding diaryl/α,β-unsaturated/α-hetero) is 1. The lowest BCUT2D eigenvalue weighted by atomic mass is 9.51. The van der Waals surface area contributed by atoms with Crippen LogP contribution in [0.4, 0.5) is 0 Å². The first-order valence-corrected chi connectivity index (χ1v) is 28.3. The molecule has 3 aromatic rings. The molecule has 10 rings (SSSR count). The Hall–Kier alpha value is -5.12. The van der Waals surface area contributed by atoms with Crippen LogP contribution in [0.2, 0.25) is 0 Å². The monoisotopic (exact) mass is 1010 g/mol. The van der Waals surface area contributed by atoms with Gasteiger partial charge < -0.3 is 46.1 Å². The van der Waals surface area contributed by atoms with E-state index in [4.69, 9.17) is 20.2 Å². The second-order valence-electron chi connectivity index (χ2n) is 23.6. The number of ketones is 1. The fourth-order valence-electron chi connectivity index (χ4n) is 15.5. The van der Waals surface area contributed by atoms with E-state index in [1.54, 1.807) is 7.11 Å².